The Kier molecular flexibility index (Phi) is 3.76. The SMILES string of the molecule is CCNc1nnc(-c2ccncc2OC)n1CC. The van der Waals surface area contributed by atoms with Crippen LogP contribution in [0.3, 0.4) is 0 Å². The van der Waals surface area contributed by atoms with Crippen molar-refractivity contribution in [2.45, 2.75) is 20.4 Å². The predicted molar refractivity (Wildman–Crippen MR) is 69.6 cm³/mol. The lowest BCUT2D eigenvalue weighted by molar-refractivity contribution is 0.414. The Morgan fingerprint density at radius 3 is 2.83 bits per heavy atom. The second kappa shape index (κ2) is 5.48. The van der Waals surface area contributed by atoms with Crippen molar-refractivity contribution in [2.24, 2.45) is 0 Å². The third-order valence-corrected chi connectivity index (χ3v) is 2.65. The first kappa shape index (κ1) is 12.3. The summed E-state index contributed by atoms with van der Waals surface area (Å²) in [5.74, 6) is 2.25. The van der Waals surface area contributed by atoms with E-state index >= 15 is 0 Å². The second-order valence-electron chi connectivity index (χ2n) is 3.70. The third kappa shape index (κ3) is 2.13. The van der Waals surface area contributed by atoms with Crippen molar-refractivity contribution >= 4 is 5.95 Å². The topological polar surface area (TPSA) is 64.9 Å². The Balaban J connectivity index is 2.50. The van der Waals surface area contributed by atoms with Gasteiger partial charge in [-0.15, -0.1) is 10.2 Å². The highest BCUT2D eigenvalue weighted by Gasteiger charge is 2.15. The third-order valence-electron chi connectivity index (χ3n) is 2.65. The molecule has 0 bridgehead atoms. The molecule has 0 radical (unpaired) electrons. The molecule has 0 atom stereocenters. The zero-order valence-corrected chi connectivity index (χ0v) is 10.8. The van der Waals surface area contributed by atoms with Gasteiger partial charge in [-0.1, -0.05) is 0 Å². The van der Waals surface area contributed by atoms with E-state index in [-0.39, 0.29) is 0 Å². The number of ether oxygens (including phenoxy) is 1. The number of pyridine rings is 1. The van der Waals surface area contributed by atoms with Gasteiger partial charge < -0.3 is 10.1 Å². The monoisotopic (exact) mass is 247 g/mol. The van der Waals surface area contributed by atoms with E-state index in [0.717, 1.165) is 30.4 Å². The number of nitrogens with zero attached hydrogens (tertiary/aromatic N) is 4. The van der Waals surface area contributed by atoms with Crippen LogP contribution in [-0.2, 0) is 6.54 Å². The first-order chi connectivity index (χ1) is 8.81. The molecule has 0 aliphatic carbocycles. The minimum Gasteiger partial charge on any atom is -0.494 e. The van der Waals surface area contributed by atoms with Gasteiger partial charge in [0.2, 0.25) is 5.95 Å². The van der Waals surface area contributed by atoms with Crippen LogP contribution < -0.4 is 10.1 Å². The van der Waals surface area contributed by atoms with Crippen LogP contribution in [0.4, 0.5) is 5.95 Å². The summed E-state index contributed by atoms with van der Waals surface area (Å²) in [6.45, 7) is 5.69. The van der Waals surface area contributed by atoms with Crippen LogP contribution in [0.2, 0.25) is 0 Å². The molecule has 2 aromatic rings. The quantitative estimate of drug-likeness (QED) is 0.872. The van der Waals surface area contributed by atoms with Gasteiger partial charge in [0.25, 0.3) is 0 Å². The van der Waals surface area contributed by atoms with E-state index in [1.165, 1.54) is 0 Å². The lowest BCUT2D eigenvalue weighted by Gasteiger charge is -2.10. The summed E-state index contributed by atoms with van der Waals surface area (Å²) < 4.78 is 7.32. The highest BCUT2D eigenvalue weighted by atomic mass is 16.5. The highest BCUT2D eigenvalue weighted by molar-refractivity contribution is 5.64. The van der Waals surface area contributed by atoms with Gasteiger partial charge in [0, 0.05) is 19.3 Å². The fraction of sp³-hybridized carbons (Fsp3) is 0.417. The molecular formula is C12H17N5O. The average molecular weight is 247 g/mol. The molecule has 0 fully saturated rings. The molecule has 0 aliphatic heterocycles. The van der Waals surface area contributed by atoms with Crippen LogP contribution in [0, 0.1) is 0 Å². The smallest absolute Gasteiger partial charge is 0.224 e. The van der Waals surface area contributed by atoms with Crippen LogP contribution in [0.1, 0.15) is 13.8 Å². The van der Waals surface area contributed by atoms with Crippen LogP contribution in [0.15, 0.2) is 18.5 Å². The molecule has 0 aliphatic rings. The summed E-state index contributed by atoms with van der Waals surface area (Å²) >= 11 is 0. The molecule has 0 spiro atoms. The fourth-order valence-electron chi connectivity index (χ4n) is 1.82. The van der Waals surface area contributed by atoms with E-state index in [1.807, 2.05) is 17.6 Å². The Morgan fingerprint density at radius 2 is 2.17 bits per heavy atom. The zero-order valence-electron chi connectivity index (χ0n) is 10.8. The minimum absolute atomic E-state index is 0.697. The van der Waals surface area contributed by atoms with Crippen LogP contribution in [-0.4, -0.2) is 33.4 Å². The molecule has 2 heterocycles. The van der Waals surface area contributed by atoms with E-state index in [1.54, 1.807) is 19.5 Å². The Bertz CT molecular complexity index is 523. The summed E-state index contributed by atoms with van der Waals surface area (Å²) in [5.41, 5.74) is 0.894. The number of aromatic nitrogens is 4. The van der Waals surface area contributed by atoms with Crippen LogP contribution >= 0.6 is 0 Å². The molecule has 1 N–H and O–H groups in total. The molecule has 18 heavy (non-hydrogen) atoms. The van der Waals surface area contributed by atoms with Gasteiger partial charge >= 0.3 is 0 Å². The van der Waals surface area contributed by atoms with E-state index < -0.39 is 0 Å². The summed E-state index contributed by atoms with van der Waals surface area (Å²) in [7, 11) is 1.62. The van der Waals surface area contributed by atoms with Crippen molar-refractivity contribution in [1.29, 1.82) is 0 Å². The summed E-state index contributed by atoms with van der Waals surface area (Å²) in [6, 6.07) is 1.88. The number of nitrogens with one attached hydrogen (secondary N) is 1. The number of methoxy groups -OCH3 is 1. The molecule has 96 valence electrons. The zero-order chi connectivity index (χ0) is 13.0. The Labute approximate surface area is 106 Å². The molecule has 6 nitrogen and oxygen atoms in total. The van der Waals surface area contributed by atoms with Crippen molar-refractivity contribution in [3.8, 4) is 17.1 Å². The fourth-order valence-corrected chi connectivity index (χ4v) is 1.82. The molecular weight excluding hydrogens is 230 g/mol. The van der Waals surface area contributed by atoms with Crippen molar-refractivity contribution in [2.75, 3.05) is 19.0 Å². The minimum atomic E-state index is 0.697. The van der Waals surface area contributed by atoms with Gasteiger partial charge in [0.15, 0.2) is 5.82 Å². The first-order valence-electron chi connectivity index (χ1n) is 5.97. The molecule has 2 aromatic heterocycles. The average Bonchev–Trinajstić information content (AvgIpc) is 2.81. The molecule has 6 heteroatoms. The predicted octanol–water partition coefficient (Wildman–Crippen LogP) is 1.80. The van der Waals surface area contributed by atoms with E-state index in [2.05, 4.69) is 27.4 Å². The summed E-state index contributed by atoms with van der Waals surface area (Å²) in [6.07, 6.45) is 3.40. The number of anilines is 1. The van der Waals surface area contributed by atoms with Gasteiger partial charge in [0.05, 0.1) is 18.9 Å². The van der Waals surface area contributed by atoms with Gasteiger partial charge in [-0.2, -0.15) is 0 Å². The number of hydrogen-bond acceptors (Lipinski definition) is 5. The van der Waals surface area contributed by atoms with Gasteiger partial charge in [0.1, 0.15) is 5.75 Å². The Hall–Kier alpha value is -2.11. The van der Waals surface area contributed by atoms with Crippen molar-refractivity contribution < 1.29 is 4.74 Å². The standard InChI is InChI=1S/C12H17N5O/c1-4-14-12-16-15-11(17(12)5-2)9-6-7-13-8-10(9)18-3/h6-8H,4-5H2,1-3H3,(H,14,16). The molecule has 0 amide bonds. The largest absolute Gasteiger partial charge is 0.494 e. The Morgan fingerprint density at radius 1 is 1.33 bits per heavy atom. The normalized spacial score (nSPS) is 10.4. The van der Waals surface area contributed by atoms with Crippen molar-refractivity contribution in [3.05, 3.63) is 18.5 Å². The number of hydrogen-bond donors (Lipinski definition) is 1. The van der Waals surface area contributed by atoms with E-state index in [9.17, 15) is 0 Å². The molecule has 0 aromatic carbocycles. The lowest BCUT2D eigenvalue weighted by Crippen LogP contribution is -2.07. The lowest BCUT2D eigenvalue weighted by atomic mass is 10.2. The summed E-state index contributed by atoms with van der Waals surface area (Å²) in [4.78, 5) is 4.04. The van der Waals surface area contributed by atoms with Gasteiger partial charge in [-0.3, -0.25) is 9.55 Å². The number of rotatable bonds is 5. The van der Waals surface area contributed by atoms with Crippen LogP contribution in [0.25, 0.3) is 11.4 Å². The van der Waals surface area contributed by atoms with Crippen molar-refractivity contribution in [1.82, 2.24) is 19.7 Å². The molecule has 0 unspecified atom stereocenters. The summed E-state index contributed by atoms with van der Waals surface area (Å²) in [5, 5.41) is 11.6. The maximum absolute atomic E-state index is 5.30. The molecule has 0 saturated carbocycles. The van der Waals surface area contributed by atoms with Crippen molar-refractivity contribution in [3.63, 3.8) is 0 Å². The second-order valence-corrected chi connectivity index (χ2v) is 3.70. The highest BCUT2D eigenvalue weighted by Crippen LogP contribution is 2.28. The van der Waals surface area contributed by atoms with E-state index in [0.29, 0.717) is 5.75 Å². The molecule has 2 rings (SSSR count). The first-order valence-corrected chi connectivity index (χ1v) is 5.97. The van der Waals surface area contributed by atoms with Gasteiger partial charge in [-0.05, 0) is 19.9 Å². The van der Waals surface area contributed by atoms with Gasteiger partial charge in [-0.25, -0.2) is 0 Å². The maximum atomic E-state index is 5.30. The maximum Gasteiger partial charge on any atom is 0.224 e. The molecule has 0 saturated heterocycles. The van der Waals surface area contributed by atoms with E-state index in [4.69, 9.17) is 4.74 Å². The van der Waals surface area contributed by atoms with Crippen LogP contribution in [0.5, 0.6) is 5.75 Å².